The molecule has 0 fully saturated rings. The van der Waals surface area contributed by atoms with Crippen LogP contribution in [-0.4, -0.2) is 105 Å². The van der Waals surface area contributed by atoms with E-state index in [0.29, 0.717) is 24.2 Å². The zero-order chi connectivity index (χ0) is 39.1. The van der Waals surface area contributed by atoms with Gasteiger partial charge in [0.05, 0.1) is 12.5 Å². The number of thioether (sulfide) groups is 1. The fourth-order valence-corrected chi connectivity index (χ4v) is 5.85. The monoisotopic (exact) mass is 747 g/mol. The number of H-pyrrole nitrogens is 1. The van der Waals surface area contributed by atoms with Gasteiger partial charge in [0, 0.05) is 23.5 Å². The molecule has 5 amide bonds. The van der Waals surface area contributed by atoms with Crippen molar-refractivity contribution >= 4 is 64.1 Å². The highest BCUT2D eigenvalue weighted by molar-refractivity contribution is 7.98. The summed E-state index contributed by atoms with van der Waals surface area (Å²) >= 11 is 1.53. The Morgan fingerprint density at radius 2 is 1.42 bits per heavy atom. The molecule has 0 spiro atoms. The van der Waals surface area contributed by atoms with Crippen LogP contribution in [0.25, 0.3) is 10.9 Å². The molecule has 10 N–H and O–H groups in total. The molecule has 7 atom stereocenters. The Kier molecular flexibility index (Phi) is 17.6. The normalized spacial score (nSPS) is 15.3. The minimum Gasteiger partial charge on any atom is -0.481 e. The lowest BCUT2D eigenvalue weighted by Crippen LogP contribution is -2.60. The van der Waals surface area contributed by atoms with Crippen LogP contribution in [0.1, 0.15) is 65.9 Å². The summed E-state index contributed by atoms with van der Waals surface area (Å²) in [4.78, 5) is 93.0. The number of para-hydroxylation sites is 1. The van der Waals surface area contributed by atoms with E-state index in [9.17, 15) is 38.7 Å². The SMILES string of the molecule is CCC(C)C(NC(=O)C(Cc1c[nH]c2ccccc12)NC(=O)C(CC(C)C)NC(=O)C(C)NC(=O)C(N)CCSC)C(=O)NC(CC(=O)O)C(=O)O. The molecule has 0 saturated heterocycles. The number of hydrogen-bond donors (Lipinski definition) is 9. The summed E-state index contributed by atoms with van der Waals surface area (Å²) in [5.74, 6) is -6.42. The van der Waals surface area contributed by atoms with Crippen molar-refractivity contribution in [2.24, 2.45) is 17.6 Å². The molecular formula is C35H53N7O9S. The van der Waals surface area contributed by atoms with Gasteiger partial charge < -0.3 is 47.5 Å². The zero-order valence-corrected chi connectivity index (χ0v) is 31.3. The standard InChI is InChI=1S/C35H53N7O9S/c1-7-19(4)29(34(49)41-27(35(50)51)16-28(43)44)42-33(48)26(15-21-17-37-24-11-9-8-10-22(21)24)40-32(47)25(14-18(2)3)39-30(45)20(5)38-31(46)23(36)12-13-52-6/h8-11,17-20,23,25-27,29,37H,7,12-16,36H2,1-6H3,(H,38,46)(H,39,45)(H,40,47)(H,41,49)(H,42,48)(H,43,44)(H,50,51). The molecule has 1 heterocycles. The Labute approximate surface area is 307 Å². The Bertz CT molecular complexity index is 1570. The maximum absolute atomic E-state index is 14.0. The van der Waals surface area contributed by atoms with Crippen LogP contribution in [0.5, 0.6) is 0 Å². The van der Waals surface area contributed by atoms with Crippen molar-refractivity contribution in [1.29, 1.82) is 0 Å². The van der Waals surface area contributed by atoms with Crippen LogP contribution in [0, 0.1) is 11.8 Å². The zero-order valence-electron chi connectivity index (χ0n) is 30.5. The molecule has 1 aromatic carbocycles. The van der Waals surface area contributed by atoms with Crippen LogP contribution in [0.3, 0.4) is 0 Å². The summed E-state index contributed by atoms with van der Waals surface area (Å²) in [5.41, 5.74) is 7.40. The highest BCUT2D eigenvalue weighted by Crippen LogP contribution is 2.20. The van der Waals surface area contributed by atoms with Gasteiger partial charge in [-0.05, 0) is 55.2 Å². The quantitative estimate of drug-likeness (QED) is 0.0817. The van der Waals surface area contributed by atoms with E-state index in [1.165, 1.54) is 18.7 Å². The van der Waals surface area contributed by atoms with Crippen LogP contribution < -0.4 is 32.3 Å². The molecule has 0 aliphatic rings. The largest absolute Gasteiger partial charge is 0.481 e. The summed E-state index contributed by atoms with van der Waals surface area (Å²) in [5, 5.41) is 32.3. The van der Waals surface area contributed by atoms with Gasteiger partial charge >= 0.3 is 11.9 Å². The van der Waals surface area contributed by atoms with Crippen molar-refractivity contribution in [2.45, 2.75) is 103 Å². The summed E-state index contributed by atoms with van der Waals surface area (Å²) in [6.45, 7) is 8.59. The van der Waals surface area contributed by atoms with Gasteiger partial charge in [-0.1, -0.05) is 52.3 Å². The van der Waals surface area contributed by atoms with Crippen LogP contribution in [0.4, 0.5) is 0 Å². The summed E-state index contributed by atoms with van der Waals surface area (Å²) < 4.78 is 0. The Morgan fingerprint density at radius 3 is 2.02 bits per heavy atom. The molecule has 16 nitrogen and oxygen atoms in total. The lowest BCUT2D eigenvalue weighted by atomic mass is 9.96. The number of aromatic nitrogens is 1. The second-order valence-corrected chi connectivity index (χ2v) is 14.3. The molecule has 0 aliphatic carbocycles. The predicted molar refractivity (Wildman–Crippen MR) is 197 cm³/mol. The number of nitrogens with one attached hydrogen (secondary N) is 6. The second kappa shape index (κ2) is 21.0. The highest BCUT2D eigenvalue weighted by Gasteiger charge is 2.35. The highest BCUT2D eigenvalue weighted by atomic mass is 32.2. The van der Waals surface area contributed by atoms with E-state index in [0.717, 1.165) is 10.9 Å². The lowest BCUT2D eigenvalue weighted by molar-refractivity contribution is -0.147. The van der Waals surface area contributed by atoms with Gasteiger partial charge in [0.25, 0.3) is 0 Å². The number of aromatic amines is 1. The number of fused-ring (bicyclic) bond motifs is 1. The third-order valence-corrected chi connectivity index (χ3v) is 9.22. The predicted octanol–water partition coefficient (Wildman–Crippen LogP) is 0.886. The van der Waals surface area contributed by atoms with Crippen molar-refractivity contribution < 1.29 is 43.8 Å². The second-order valence-electron chi connectivity index (χ2n) is 13.3. The molecule has 2 rings (SSSR count). The molecular weight excluding hydrogens is 694 g/mol. The van der Waals surface area contributed by atoms with Crippen LogP contribution >= 0.6 is 11.8 Å². The molecule has 52 heavy (non-hydrogen) atoms. The van der Waals surface area contributed by atoms with Crippen LogP contribution in [0.15, 0.2) is 30.5 Å². The van der Waals surface area contributed by atoms with E-state index >= 15 is 0 Å². The van der Waals surface area contributed by atoms with Crippen molar-refractivity contribution in [3.8, 4) is 0 Å². The number of hydrogen-bond acceptors (Lipinski definition) is 9. The van der Waals surface area contributed by atoms with Crippen molar-refractivity contribution in [1.82, 2.24) is 31.6 Å². The minimum absolute atomic E-state index is 0.0318. The number of aliphatic carboxylic acids is 2. The van der Waals surface area contributed by atoms with Gasteiger partial charge in [-0.3, -0.25) is 28.8 Å². The number of carboxylic acids is 2. The van der Waals surface area contributed by atoms with Crippen LogP contribution in [0.2, 0.25) is 0 Å². The number of carbonyl (C=O) groups is 7. The van der Waals surface area contributed by atoms with Gasteiger partial charge in [0.15, 0.2) is 0 Å². The van der Waals surface area contributed by atoms with Crippen molar-refractivity contribution in [3.63, 3.8) is 0 Å². The van der Waals surface area contributed by atoms with Crippen molar-refractivity contribution in [2.75, 3.05) is 12.0 Å². The maximum atomic E-state index is 14.0. The van der Waals surface area contributed by atoms with Gasteiger partial charge in [0.1, 0.15) is 30.2 Å². The van der Waals surface area contributed by atoms with Crippen molar-refractivity contribution in [3.05, 3.63) is 36.0 Å². The molecule has 7 unspecified atom stereocenters. The van der Waals surface area contributed by atoms with E-state index < -0.39 is 90.1 Å². The summed E-state index contributed by atoms with van der Waals surface area (Å²) in [6, 6.07) is 0.0790. The number of benzene rings is 1. The van der Waals surface area contributed by atoms with E-state index in [1.807, 2.05) is 44.4 Å². The smallest absolute Gasteiger partial charge is 0.326 e. The number of amides is 5. The molecule has 1 aromatic heterocycles. The van der Waals surface area contributed by atoms with E-state index in [1.54, 1.807) is 20.0 Å². The first-order chi connectivity index (χ1) is 24.5. The first kappa shape index (κ1) is 43.5. The van der Waals surface area contributed by atoms with Gasteiger partial charge in [0.2, 0.25) is 29.5 Å². The number of rotatable bonds is 22. The molecule has 2 aromatic rings. The minimum atomic E-state index is -1.74. The number of nitrogens with two attached hydrogens (primary N) is 1. The summed E-state index contributed by atoms with van der Waals surface area (Å²) in [7, 11) is 0. The van der Waals surface area contributed by atoms with E-state index in [-0.39, 0.29) is 18.8 Å². The number of carbonyl (C=O) groups excluding carboxylic acids is 5. The average Bonchev–Trinajstić information content (AvgIpc) is 3.49. The van der Waals surface area contributed by atoms with Crippen LogP contribution in [-0.2, 0) is 40.0 Å². The first-order valence-corrected chi connectivity index (χ1v) is 18.6. The summed E-state index contributed by atoms with van der Waals surface area (Å²) in [6.07, 6.45) is 3.66. The molecule has 0 saturated carbocycles. The Morgan fingerprint density at radius 1 is 0.808 bits per heavy atom. The fraction of sp³-hybridized carbons (Fsp3) is 0.571. The van der Waals surface area contributed by atoms with Gasteiger partial charge in [-0.25, -0.2) is 4.79 Å². The lowest BCUT2D eigenvalue weighted by Gasteiger charge is -2.29. The van der Waals surface area contributed by atoms with E-state index in [4.69, 9.17) is 10.8 Å². The molecule has 0 aliphatic heterocycles. The maximum Gasteiger partial charge on any atom is 0.326 e. The Hall–Kier alpha value is -4.64. The molecule has 0 radical (unpaired) electrons. The fourth-order valence-electron chi connectivity index (χ4n) is 5.36. The molecule has 17 heteroatoms. The third-order valence-electron chi connectivity index (χ3n) is 8.58. The van der Waals surface area contributed by atoms with Gasteiger partial charge in [-0.2, -0.15) is 11.8 Å². The average molecular weight is 748 g/mol. The topological polar surface area (TPSA) is 262 Å². The third kappa shape index (κ3) is 13.5. The first-order valence-electron chi connectivity index (χ1n) is 17.2. The van der Waals surface area contributed by atoms with Gasteiger partial charge in [-0.15, -0.1) is 0 Å². The van der Waals surface area contributed by atoms with E-state index in [2.05, 4.69) is 31.6 Å². The molecule has 288 valence electrons. The number of carboxylic acid groups (broad SMARTS) is 2. The molecule has 0 bridgehead atoms. The Balaban J connectivity index is 2.39.